The van der Waals surface area contributed by atoms with Gasteiger partial charge in [-0.15, -0.1) is 0 Å². The van der Waals surface area contributed by atoms with Crippen molar-refractivity contribution in [2.45, 2.75) is 0 Å². The summed E-state index contributed by atoms with van der Waals surface area (Å²) in [6.45, 7) is 0. The first kappa shape index (κ1) is 15.1. The van der Waals surface area contributed by atoms with Crippen LogP contribution in [0.2, 0.25) is 0 Å². The molecule has 0 aliphatic heterocycles. The maximum absolute atomic E-state index is 11.7. The zero-order valence-electron chi connectivity index (χ0n) is 13.6. The van der Waals surface area contributed by atoms with E-state index in [0.29, 0.717) is 5.56 Å². The number of pyridine rings is 1. The maximum Gasteiger partial charge on any atom is 0.337 e. The number of nitrogens with zero attached hydrogens (tertiary/aromatic N) is 2. The fraction of sp³-hybridized carbons (Fsp3) is 0.0500. The standard InChI is InChI=1S/C20H15N3O2/c1-25-20(24)13-9-10-17-18(12-13)23-19(22-17)15-7-3-2-6-14(15)16-8-4-5-11-21-16/h2-12H,1H3,(H,22,23). The molecular formula is C20H15N3O2. The molecule has 0 saturated carbocycles. The quantitative estimate of drug-likeness (QED) is 0.575. The first-order valence-corrected chi connectivity index (χ1v) is 7.85. The molecule has 2 heterocycles. The van der Waals surface area contributed by atoms with Gasteiger partial charge in [0.15, 0.2) is 0 Å². The molecule has 0 aliphatic carbocycles. The van der Waals surface area contributed by atoms with Gasteiger partial charge in [-0.25, -0.2) is 9.78 Å². The van der Waals surface area contributed by atoms with E-state index in [0.717, 1.165) is 33.7 Å². The predicted octanol–water partition coefficient (Wildman–Crippen LogP) is 4.08. The molecule has 2 aromatic carbocycles. The van der Waals surface area contributed by atoms with Crippen molar-refractivity contribution in [3.8, 4) is 22.6 Å². The van der Waals surface area contributed by atoms with Crippen LogP contribution in [0.4, 0.5) is 0 Å². The summed E-state index contributed by atoms with van der Waals surface area (Å²) >= 11 is 0. The van der Waals surface area contributed by atoms with Crippen molar-refractivity contribution in [1.29, 1.82) is 0 Å². The molecule has 0 spiro atoms. The summed E-state index contributed by atoms with van der Waals surface area (Å²) in [5.41, 5.74) is 4.90. The number of rotatable bonds is 3. The molecule has 0 amide bonds. The molecule has 1 N–H and O–H groups in total. The van der Waals surface area contributed by atoms with Crippen LogP contribution in [0.3, 0.4) is 0 Å². The molecule has 25 heavy (non-hydrogen) atoms. The number of hydrogen-bond donors (Lipinski definition) is 1. The van der Waals surface area contributed by atoms with Crippen molar-refractivity contribution in [3.05, 3.63) is 72.4 Å². The second kappa shape index (κ2) is 6.20. The third-order valence-corrected chi connectivity index (χ3v) is 4.03. The van der Waals surface area contributed by atoms with Gasteiger partial charge in [0.05, 0.1) is 29.4 Å². The number of nitrogens with one attached hydrogen (secondary N) is 1. The number of carbonyl (C=O) groups excluding carboxylic acids is 1. The Labute approximate surface area is 144 Å². The van der Waals surface area contributed by atoms with E-state index in [1.54, 1.807) is 18.3 Å². The number of hydrogen-bond acceptors (Lipinski definition) is 4. The van der Waals surface area contributed by atoms with E-state index in [9.17, 15) is 4.79 Å². The van der Waals surface area contributed by atoms with E-state index >= 15 is 0 Å². The maximum atomic E-state index is 11.7. The second-order valence-corrected chi connectivity index (χ2v) is 5.57. The normalized spacial score (nSPS) is 10.8. The molecule has 0 unspecified atom stereocenters. The molecule has 0 bridgehead atoms. The van der Waals surface area contributed by atoms with Crippen molar-refractivity contribution in [2.24, 2.45) is 0 Å². The Balaban J connectivity index is 1.84. The highest BCUT2D eigenvalue weighted by molar-refractivity contribution is 5.94. The lowest BCUT2D eigenvalue weighted by Gasteiger charge is -2.06. The van der Waals surface area contributed by atoms with Crippen LogP contribution in [0.25, 0.3) is 33.7 Å². The van der Waals surface area contributed by atoms with Gasteiger partial charge in [-0.2, -0.15) is 0 Å². The lowest BCUT2D eigenvalue weighted by molar-refractivity contribution is 0.0601. The number of methoxy groups -OCH3 is 1. The molecule has 0 saturated heterocycles. The number of ether oxygens (including phenoxy) is 1. The lowest BCUT2D eigenvalue weighted by atomic mass is 10.0. The average Bonchev–Trinajstić information content (AvgIpc) is 3.11. The van der Waals surface area contributed by atoms with Crippen molar-refractivity contribution in [3.63, 3.8) is 0 Å². The summed E-state index contributed by atoms with van der Waals surface area (Å²) in [7, 11) is 1.37. The van der Waals surface area contributed by atoms with Crippen molar-refractivity contribution < 1.29 is 9.53 Å². The van der Waals surface area contributed by atoms with Crippen LogP contribution in [0.5, 0.6) is 0 Å². The monoisotopic (exact) mass is 329 g/mol. The minimum Gasteiger partial charge on any atom is -0.465 e. The van der Waals surface area contributed by atoms with Crippen LogP contribution in [0.15, 0.2) is 66.9 Å². The van der Waals surface area contributed by atoms with Gasteiger partial charge in [-0.3, -0.25) is 4.98 Å². The lowest BCUT2D eigenvalue weighted by Crippen LogP contribution is -2.00. The van der Waals surface area contributed by atoms with Gasteiger partial charge in [0.25, 0.3) is 0 Å². The highest BCUT2D eigenvalue weighted by Crippen LogP contribution is 2.30. The molecule has 0 aliphatic rings. The molecule has 0 atom stereocenters. The minimum atomic E-state index is -0.369. The van der Waals surface area contributed by atoms with E-state index in [2.05, 4.69) is 15.0 Å². The van der Waals surface area contributed by atoms with E-state index in [4.69, 9.17) is 4.74 Å². The fourth-order valence-electron chi connectivity index (χ4n) is 2.82. The highest BCUT2D eigenvalue weighted by Gasteiger charge is 2.13. The van der Waals surface area contributed by atoms with Crippen molar-refractivity contribution in [2.75, 3.05) is 7.11 Å². The molecule has 0 fully saturated rings. The highest BCUT2D eigenvalue weighted by atomic mass is 16.5. The van der Waals surface area contributed by atoms with Gasteiger partial charge in [0.2, 0.25) is 0 Å². The van der Waals surface area contributed by atoms with E-state index < -0.39 is 0 Å². The van der Waals surface area contributed by atoms with Crippen LogP contribution in [0.1, 0.15) is 10.4 Å². The van der Waals surface area contributed by atoms with Gasteiger partial charge >= 0.3 is 5.97 Å². The van der Waals surface area contributed by atoms with Crippen LogP contribution in [-0.4, -0.2) is 28.0 Å². The Morgan fingerprint density at radius 2 is 1.80 bits per heavy atom. The number of aromatic nitrogens is 3. The third-order valence-electron chi connectivity index (χ3n) is 4.03. The topological polar surface area (TPSA) is 67.9 Å². The van der Waals surface area contributed by atoms with Crippen molar-refractivity contribution >= 4 is 17.0 Å². The molecule has 5 heteroatoms. The van der Waals surface area contributed by atoms with Crippen LogP contribution in [-0.2, 0) is 4.74 Å². The van der Waals surface area contributed by atoms with Gasteiger partial charge in [0, 0.05) is 17.3 Å². The third kappa shape index (κ3) is 2.76. The molecular weight excluding hydrogens is 314 g/mol. The van der Waals surface area contributed by atoms with Gasteiger partial charge in [-0.1, -0.05) is 30.3 Å². The Morgan fingerprint density at radius 3 is 2.56 bits per heavy atom. The fourth-order valence-corrected chi connectivity index (χ4v) is 2.82. The van der Waals surface area contributed by atoms with Crippen LogP contribution in [0, 0.1) is 0 Å². The van der Waals surface area contributed by atoms with Crippen molar-refractivity contribution in [1.82, 2.24) is 15.0 Å². The largest absolute Gasteiger partial charge is 0.465 e. The number of esters is 1. The molecule has 2 aromatic heterocycles. The zero-order valence-corrected chi connectivity index (χ0v) is 13.6. The molecule has 4 aromatic rings. The Bertz CT molecular complexity index is 1050. The SMILES string of the molecule is COC(=O)c1ccc2nc(-c3ccccc3-c3ccccn3)[nH]c2c1. The van der Waals surface area contributed by atoms with Gasteiger partial charge in [0.1, 0.15) is 5.82 Å². The van der Waals surface area contributed by atoms with Gasteiger partial charge in [-0.05, 0) is 30.3 Å². The summed E-state index contributed by atoms with van der Waals surface area (Å²) in [4.78, 5) is 24.1. The van der Waals surface area contributed by atoms with E-state index in [-0.39, 0.29) is 5.97 Å². The zero-order chi connectivity index (χ0) is 17.2. The average molecular weight is 329 g/mol. The number of carbonyl (C=O) groups is 1. The van der Waals surface area contributed by atoms with E-state index in [1.165, 1.54) is 7.11 Å². The molecule has 5 nitrogen and oxygen atoms in total. The minimum absolute atomic E-state index is 0.369. The van der Waals surface area contributed by atoms with E-state index in [1.807, 2.05) is 48.5 Å². The van der Waals surface area contributed by atoms with Gasteiger partial charge < -0.3 is 9.72 Å². The Hall–Kier alpha value is -3.47. The number of H-pyrrole nitrogens is 1. The molecule has 4 rings (SSSR count). The first-order chi connectivity index (χ1) is 12.3. The predicted molar refractivity (Wildman–Crippen MR) is 96.1 cm³/mol. The first-order valence-electron chi connectivity index (χ1n) is 7.85. The Morgan fingerprint density at radius 1 is 1.00 bits per heavy atom. The Kier molecular flexibility index (Phi) is 3.74. The van der Waals surface area contributed by atoms with Crippen LogP contribution < -0.4 is 0 Å². The number of benzene rings is 2. The van der Waals surface area contributed by atoms with Crippen LogP contribution >= 0.6 is 0 Å². The molecule has 0 radical (unpaired) electrons. The summed E-state index contributed by atoms with van der Waals surface area (Å²) in [5.74, 6) is 0.366. The second-order valence-electron chi connectivity index (χ2n) is 5.57. The molecule has 122 valence electrons. The number of aromatic amines is 1. The summed E-state index contributed by atoms with van der Waals surface area (Å²) < 4.78 is 4.77. The number of fused-ring (bicyclic) bond motifs is 1. The summed E-state index contributed by atoms with van der Waals surface area (Å²) in [5, 5.41) is 0. The summed E-state index contributed by atoms with van der Waals surface area (Å²) in [6, 6.07) is 19.1. The number of imidazole rings is 1. The summed E-state index contributed by atoms with van der Waals surface area (Å²) in [6.07, 6.45) is 1.77. The smallest absolute Gasteiger partial charge is 0.337 e.